The van der Waals surface area contributed by atoms with Gasteiger partial charge in [-0.1, -0.05) is 36.4 Å². The third-order valence-electron chi connectivity index (χ3n) is 2.41. The van der Waals surface area contributed by atoms with Crippen LogP contribution in [-0.4, -0.2) is 5.54 Å². The maximum atomic E-state index is 13.0. The van der Waals surface area contributed by atoms with E-state index < -0.39 is 13.3 Å². The van der Waals surface area contributed by atoms with Crippen LogP contribution >= 0.6 is 7.75 Å². The zero-order valence-electron chi connectivity index (χ0n) is 12.4. The lowest BCUT2D eigenvalue weighted by atomic mass is 10.1. The van der Waals surface area contributed by atoms with Crippen LogP contribution in [0.3, 0.4) is 0 Å². The van der Waals surface area contributed by atoms with E-state index in [2.05, 4.69) is 5.09 Å². The van der Waals surface area contributed by atoms with Crippen molar-refractivity contribution in [2.24, 2.45) is 0 Å². The lowest BCUT2D eigenvalue weighted by Crippen LogP contribution is -2.36. The van der Waals surface area contributed by atoms with E-state index in [-0.39, 0.29) is 0 Å². The Morgan fingerprint density at radius 1 is 0.810 bits per heavy atom. The minimum absolute atomic E-state index is 0.418. The second-order valence-corrected chi connectivity index (χ2v) is 7.25. The first kappa shape index (κ1) is 15.6. The fourth-order valence-corrected chi connectivity index (χ4v) is 3.46. The van der Waals surface area contributed by atoms with Crippen molar-refractivity contribution in [3.8, 4) is 11.5 Å². The van der Waals surface area contributed by atoms with Gasteiger partial charge in [0.1, 0.15) is 11.5 Å². The summed E-state index contributed by atoms with van der Waals surface area (Å²) < 4.78 is 24.2. The molecule has 0 fully saturated rings. The van der Waals surface area contributed by atoms with Crippen molar-refractivity contribution in [1.82, 2.24) is 5.09 Å². The highest BCUT2D eigenvalue weighted by atomic mass is 31.2. The van der Waals surface area contributed by atoms with E-state index in [9.17, 15) is 4.57 Å². The summed E-state index contributed by atoms with van der Waals surface area (Å²) in [6.45, 7) is 5.72. The highest BCUT2D eigenvalue weighted by molar-refractivity contribution is 7.52. The van der Waals surface area contributed by atoms with Crippen LogP contribution in [0.5, 0.6) is 11.5 Å². The molecule has 0 bridgehead atoms. The third-order valence-corrected chi connectivity index (χ3v) is 4.26. The summed E-state index contributed by atoms with van der Waals surface area (Å²) in [6, 6.07) is 18.0. The van der Waals surface area contributed by atoms with Gasteiger partial charge < -0.3 is 9.05 Å². The van der Waals surface area contributed by atoms with E-state index in [1.165, 1.54) is 0 Å². The number of rotatable bonds is 5. The first-order valence-electron chi connectivity index (χ1n) is 6.75. The molecule has 2 rings (SSSR count). The van der Waals surface area contributed by atoms with Gasteiger partial charge in [0.05, 0.1) is 0 Å². The first-order chi connectivity index (χ1) is 9.86. The number of para-hydroxylation sites is 2. The molecule has 0 spiro atoms. The van der Waals surface area contributed by atoms with Gasteiger partial charge in [-0.3, -0.25) is 0 Å². The van der Waals surface area contributed by atoms with Crippen LogP contribution in [0.25, 0.3) is 0 Å². The Morgan fingerprint density at radius 3 is 1.52 bits per heavy atom. The highest BCUT2D eigenvalue weighted by Crippen LogP contribution is 2.46. The quantitative estimate of drug-likeness (QED) is 0.817. The molecule has 2 aromatic carbocycles. The summed E-state index contributed by atoms with van der Waals surface area (Å²) in [5.41, 5.74) is -0.418. The zero-order valence-corrected chi connectivity index (χ0v) is 13.3. The van der Waals surface area contributed by atoms with E-state index >= 15 is 0 Å². The minimum Gasteiger partial charge on any atom is -0.405 e. The molecule has 0 aromatic heterocycles. The van der Waals surface area contributed by atoms with Crippen molar-refractivity contribution in [3.05, 3.63) is 60.7 Å². The Balaban J connectivity index is 2.24. The Bertz CT molecular complexity index is 563. The number of nitrogens with one attached hydrogen (secondary N) is 1. The van der Waals surface area contributed by atoms with Crippen LogP contribution < -0.4 is 14.1 Å². The average molecular weight is 305 g/mol. The predicted molar refractivity (Wildman–Crippen MR) is 84.6 cm³/mol. The fourth-order valence-electron chi connectivity index (χ4n) is 1.72. The molecule has 21 heavy (non-hydrogen) atoms. The Kier molecular flexibility index (Phi) is 4.71. The lowest BCUT2D eigenvalue weighted by Gasteiger charge is -2.27. The van der Waals surface area contributed by atoms with Gasteiger partial charge >= 0.3 is 7.75 Å². The maximum Gasteiger partial charge on any atom is 0.513 e. The molecule has 0 aliphatic carbocycles. The molecular formula is C16H20NO3P. The minimum atomic E-state index is -3.53. The molecule has 0 aliphatic rings. The Hall–Kier alpha value is -1.77. The lowest BCUT2D eigenvalue weighted by molar-refractivity contribution is 0.344. The van der Waals surface area contributed by atoms with Crippen molar-refractivity contribution in [3.63, 3.8) is 0 Å². The van der Waals surface area contributed by atoms with Crippen LogP contribution in [0, 0.1) is 0 Å². The van der Waals surface area contributed by atoms with Gasteiger partial charge in [0.25, 0.3) is 0 Å². The van der Waals surface area contributed by atoms with Gasteiger partial charge in [-0.25, -0.2) is 4.57 Å². The van der Waals surface area contributed by atoms with Crippen molar-refractivity contribution in [1.29, 1.82) is 0 Å². The molecule has 1 N–H and O–H groups in total. The number of hydrogen-bond donors (Lipinski definition) is 1. The van der Waals surface area contributed by atoms with Gasteiger partial charge in [-0.05, 0) is 45.0 Å². The van der Waals surface area contributed by atoms with E-state index in [0.717, 1.165) is 0 Å². The van der Waals surface area contributed by atoms with Crippen molar-refractivity contribution >= 4 is 7.75 Å². The van der Waals surface area contributed by atoms with Crippen molar-refractivity contribution in [2.75, 3.05) is 0 Å². The van der Waals surface area contributed by atoms with E-state index in [4.69, 9.17) is 9.05 Å². The van der Waals surface area contributed by atoms with Gasteiger partial charge in [0.2, 0.25) is 0 Å². The first-order valence-corrected chi connectivity index (χ1v) is 8.29. The van der Waals surface area contributed by atoms with E-state index in [0.29, 0.717) is 11.5 Å². The number of hydrogen-bond acceptors (Lipinski definition) is 3. The summed E-state index contributed by atoms with van der Waals surface area (Å²) in [5, 5.41) is 2.94. The molecule has 0 heterocycles. The van der Waals surface area contributed by atoms with Gasteiger partial charge in [-0.2, -0.15) is 5.09 Å². The summed E-state index contributed by atoms with van der Waals surface area (Å²) in [5.74, 6) is 0.988. The summed E-state index contributed by atoms with van der Waals surface area (Å²) in [4.78, 5) is 0. The van der Waals surface area contributed by atoms with Crippen molar-refractivity contribution in [2.45, 2.75) is 26.3 Å². The standard InChI is InChI=1S/C16H20NO3P/c1-16(2,3)17-21(18,19-14-10-6-4-7-11-14)20-15-12-8-5-9-13-15/h4-13H,1-3H3,(H,17,18). The van der Waals surface area contributed by atoms with Crippen LogP contribution in [-0.2, 0) is 4.57 Å². The largest absolute Gasteiger partial charge is 0.513 e. The summed E-state index contributed by atoms with van der Waals surface area (Å²) >= 11 is 0. The fraction of sp³-hybridized carbons (Fsp3) is 0.250. The van der Waals surface area contributed by atoms with Crippen molar-refractivity contribution < 1.29 is 13.6 Å². The molecular weight excluding hydrogens is 285 g/mol. The molecule has 4 nitrogen and oxygen atoms in total. The highest BCUT2D eigenvalue weighted by Gasteiger charge is 2.33. The van der Waals surface area contributed by atoms with Gasteiger partial charge in [0.15, 0.2) is 0 Å². The van der Waals surface area contributed by atoms with Crippen LogP contribution in [0.4, 0.5) is 0 Å². The van der Waals surface area contributed by atoms with Gasteiger partial charge in [-0.15, -0.1) is 0 Å². The molecule has 0 radical (unpaired) electrons. The molecule has 2 aromatic rings. The van der Waals surface area contributed by atoms with Gasteiger partial charge in [0, 0.05) is 5.54 Å². The molecule has 0 amide bonds. The third kappa shape index (κ3) is 5.25. The second kappa shape index (κ2) is 6.33. The Labute approximate surface area is 125 Å². The summed E-state index contributed by atoms with van der Waals surface area (Å²) in [7, 11) is -3.53. The second-order valence-electron chi connectivity index (χ2n) is 5.67. The molecule has 0 unspecified atom stereocenters. The van der Waals surface area contributed by atoms with E-state index in [1.54, 1.807) is 24.3 Å². The number of benzene rings is 2. The monoisotopic (exact) mass is 305 g/mol. The summed E-state index contributed by atoms with van der Waals surface area (Å²) in [6.07, 6.45) is 0. The molecule has 0 saturated heterocycles. The average Bonchev–Trinajstić information content (AvgIpc) is 2.38. The van der Waals surface area contributed by atoms with Crippen LogP contribution in [0.1, 0.15) is 20.8 Å². The molecule has 0 aliphatic heterocycles. The predicted octanol–water partition coefficient (Wildman–Crippen LogP) is 4.64. The SMILES string of the molecule is CC(C)(C)NP(=O)(Oc1ccccc1)Oc1ccccc1. The Morgan fingerprint density at radius 2 is 1.19 bits per heavy atom. The van der Waals surface area contributed by atoms with Crippen LogP contribution in [0.15, 0.2) is 60.7 Å². The molecule has 0 atom stereocenters. The maximum absolute atomic E-state index is 13.0. The normalized spacial score (nSPS) is 12.0. The smallest absolute Gasteiger partial charge is 0.405 e. The zero-order chi connectivity index (χ0) is 15.3. The molecule has 112 valence electrons. The molecule has 0 saturated carbocycles. The molecule has 5 heteroatoms. The van der Waals surface area contributed by atoms with Crippen LogP contribution in [0.2, 0.25) is 0 Å². The van der Waals surface area contributed by atoms with E-state index in [1.807, 2.05) is 57.2 Å². The topological polar surface area (TPSA) is 47.6 Å².